The molecule has 0 spiro atoms. The van der Waals surface area contributed by atoms with Gasteiger partial charge in [-0.3, -0.25) is 4.79 Å². The number of benzene rings is 2. The zero-order valence-electron chi connectivity index (χ0n) is 13.5. The maximum atomic E-state index is 13.9. The monoisotopic (exact) mass is 430 g/mol. The SMILES string of the molecule is Cc1cc(NC(=O)c2cccc(Br)c2)n(-c2nc3c(F)cccc3s2)n1. The highest BCUT2D eigenvalue weighted by Crippen LogP contribution is 2.28. The highest BCUT2D eigenvalue weighted by molar-refractivity contribution is 9.10. The molecule has 130 valence electrons. The Bertz CT molecular complexity index is 1140. The summed E-state index contributed by atoms with van der Waals surface area (Å²) in [5, 5.41) is 7.72. The number of amides is 1. The minimum Gasteiger partial charge on any atom is -0.306 e. The van der Waals surface area contributed by atoms with Crippen molar-refractivity contribution in [3.8, 4) is 5.13 Å². The summed E-state index contributed by atoms with van der Waals surface area (Å²) in [6.07, 6.45) is 0. The zero-order chi connectivity index (χ0) is 18.3. The molecular weight excluding hydrogens is 419 g/mol. The Morgan fingerprint density at radius 3 is 2.81 bits per heavy atom. The first-order chi connectivity index (χ1) is 12.5. The van der Waals surface area contributed by atoms with Crippen LogP contribution in [0, 0.1) is 12.7 Å². The van der Waals surface area contributed by atoms with Gasteiger partial charge in [-0.2, -0.15) is 9.78 Å². The molecule has 0 bridgehead atoms. The van der Waals surface area contributed by atoms with E-state index < -0.39 is 0 Å². The summed E-state index contributed by atoms with van der Waals surface area (Å²) in [7, 11) is 0. The molecule has 0 saturated heterocycles. The Labute approximate surface area is 160 Å². The van der Waals surface area contributed by atoms with Gasteiger partial charge in [0.1, 0.15) is 17.2 Å². The van der Waals surface area contributed by atoms with Crippen LogP contribution in [0.4, 0.5) is 10.2 Å². The van der Waals surface area contributed by atoms with Crippen LogP contribution >= 0.6 is 27.3 Å². The van der Waals surface area contributed by atoms with Crippen LogP contribution in [0.15, 0.2) is 53.0 Å². The van der Waals surface area contributed by atoms with Gasteiger partial charge in [0.25, 0.3) is 5.91 Å². The van der Waals surface area contributed by atoms with Crippen molar-refractivity contribution < 1.29 is 9.18 Å². The van der Waals surface area contributed by atoms with E-state index in [1.807, 2.05) is 13.0 Å². The lowest BCUT2D eigenvalue weighted by Crippen LogP contribution is -2.15. The quantitative estimate of drug-likeness (QED) is 0.500. The number of thiazole rings is 1. The first-order valence-electron chi connectivity index (χ1n) is 7.70. The highest BCUT2D eigenvalue weighted by Gasteiger charge is 2.16. The van der Waals surface area contributed by atoms with E-state index in [1.165, 1.54) is 22.1 Å². The van der Waals surface area contributed by atoms with E-state index in [1.54, 1.807) is 36.4 Å². The molecule has 0 aliphatic carbocycles. The fraction of sp³-hybridized carbons (Fsp3) is 0.0556. The van der Waals surface area contributed by atoms with Crippen LogP contribution in [0.1, 0.15) is 16.1 Å². The van der Waals surface area contributed by atoms with Crippen molar-refractivity contribution >= 4 is 49.2 Å². The second-order valence-corrected chi connectivity index (χ2v) is 7.56. The lowest BCUT2D eigenvalue weighted by atomic mass is 10.2. The average Bonchev–Trinajstić information content (AvgIpc) is 3.19. The number of aromatic nitrogens is 3. The number of carbonyl (C=O) groups is 1. The van der Waals surface area contributed by atoms with Gasteiger partial charge in [0.2, 0.25) is 5.13 Å². The zero-order valence-corrected chi connectivity index (χ0v) is 15.9. The molecule has 1 amide bonds. The number of aryl methyl sites for hydroxylation is 1. The average molecular weight is 431 g/mol. The van der Waals surface area contributed by atoms with E-state index in [-0.39, 0.29) is 11.7 Å². The molecule has 0 saturated carbocycles. The molecule has 0 fully saturated rings. The number of hydrogen-bond donors (Lipinski definition) is 1. The number of fused-ring (bicyclic) bond motifs is 1. The van der Waals surface area contributed by atoms with Crippen LogP contribution in [0.3, 0.4) is 0 Å². The second-order valence-electron chi connectivity index (χ2n) is 5.63. The number of halogens is 2. The van der Waals surface area contributed by atoms with E-state index in [0.717, 1.165) is 9.17 Å². The summed E-state index contributed by atoms with van der Waals surface area (Å²) < 4.78 is 17.0. The fourth-order valence-corrected chi connectivity index (χ4v) is 3.89. The van der Waals surface area contributed by atoms with Gasteiger partial charge in [0.15, 0.2) is 0 Å². The molecule has 0 unspecified atom stereocenters. The molecule has 0 aliphatic heterocycles. The van der Waals surface area contributed by atoms with Crippen LogP contribution < -0.4 is 5.32 Å². The van der Waals surface area contributed by atoms with Crippen LogP contribution in [-0.4, -0.2) is 20.7 Å². The maximum absolute atomic E-state index is 13.9. The minimum atomic E-state index is -0.381. The predicted octanol–water partition coefficient (Wildman–Crippen LogP) is 4.94. The first kappa shape index (κ1) is 16.9. The molecule has 8 heteroatoms. The fourth-order valence-electron chi connectivity index (χ4n) is 2.55. The van der Waals surface area contributed by atoms with Crippen LogP contribution in [0.2, 0.25) is 0 Å². The highest BCUT2D eigenvalue weighted by atomic mass is 79.9. The minimum absolute atomic E-state index is 0.264. The topological polar surface area (TPSA) is 59.8 Å². The molecule has 1 N–H and O–H groups in total. The third-order valence-corrected chi connectivity index (χ3v) is 5.19. The Morgan fingerprint density at radius 2 is 2.04 bits per heavy atom. The Kier molecular flexibility index (Phi) is 4.29. The number of hydrogen-bond acceptors (Lipinski definition) is 4. The van der Waals surface area contributed by atoms with Crippen molar-refractivity contribution in [1.82, 2.24) is 14.8 Å². The first-order valence-corrected chi connectivity index (χ1v) is 9.31. The number of para-hydroxylation sites is 1. The van der Waals surface area contributed by atoms with Gasteiger partial charge < -0.3 is 5.32 Å². The lowest BCUT2D eigenvalue weighted by Gasteiger charge is -2.06. The summed E-state index contributed by atoms with van der Waals surface area (Å²) >= 11 is 4.66. The van der Waals surface area contributed by atoms with Gasteiger partial charge in [-0.15, -0.1) is 0 Å². The van der Waals surface area contributed by atoms with Crippen LogP contribution in [0.25, 0.3) is 15.3 Å². The Balaban J connectivity index is 1.72. The molecule has 4 aromatic rings. The lowest BCUT2D eigenvalue weighted by molar-refractivity contribution is 0.102. The van der Waals surface area contributed by atoms with Gasteiger partial charge in [0.05, 0.1) is 10.4 Å². The third kappa shape index (κ3) is 3.13. The summed E-state index contributed by atoms with van der Waals surface area (Å²) in [5.41, 5.74) is 1.53. The molecule has 26 heavy (non-hydrogen) atoms. The summed E-state index contributed by atoms with van der Waals surface area (Å²) in [4.78, 5) is 16.9. The van der Waals surface area contributed by atoms with E-state index in [0.29, 0.717) is 27.7 Å². The largest absolute Gasteiger partial charge is 0.306 e. The van der Waals surface area contributed by atoms with Crippen LogP contribution in [0.5, 0.6) is 0 Å². The van der Waals surface area contributed by atoms with Crippen molar-refractivity contribution in [2.75, 3.05) is 5.32 Å². The number of carbonyl (C=O) groups excluding carboxylic acids is 1. The smallest absolute Gasteiger partial charge is 0.256 e. The van der Waals surface area contributed by atoms with Gasteiger partial charge in [-0.1, -0.05) is 39.4 Å². The van der Waals surface area contributed by atoms with Gasteiger partial charge in [-0.25, -0.2) is 9.37 Å². The molecule has 5 nitrogen and oxygen atoms in total. The maximum Gasteiger partial charge on any atom is 0.256 e. The van der Waals surface area contributed by atoms with Gasteiger partial charge >= 0.3 is 0 Å². The Hall–Kier alpha value is -2.58. The van der Waals surface area contributed by atoms with E-state index in [4.69, 9.17) is 0 Å². The molecule has 2 aromatic carbocycles. The normalized spacial score (nSPS) is 11.0. The summed E-state index contributed by atoms with van der Waals surface area (Å²) in [6.45, 7) is 1.82. The number of rotatable bonds is 3. The second kappa shape index (κ2) is 6.62. The molecule has 2 heterocycles. The van der Waals surface area contributed by atoms with Gasteiger partial charge in [0, 0.05) is 16.1 Å². The molecule has 0 aliphatic rings. The van der Waals surface area contributed by atoms with Crippen molar-refractivity contribution in [2.45, 2.75) is 6.92 Å². The number of anilines is 1. The number of nitrogens with zero attached hydrogens (tertiary/aromatic N) is 3. The van der Waals surface area contributed by atoms with Crippen molar-refractivity contribution in [2.24, 2.45) is 0 Å². The van der Waals surface area contributed by atoms with E-state index in [9.17, 15) is 9.18 Å². The molecule has 2 aromatic heterocycles. The van der Waals surface area contributed by atoms with Crippen molar-refractivity contribution in [1.29, 1.82) is 0 Å². The number of nitrogens with one attached hydrogen (secondary N) is 1. The third-order valence-electron chi connectivity index (χ3n) is 3.70. The van der Waals surface area contributed by atoms with Crippen LogP contribution in [-0.2, 0) is 0 Å². The van der Waals surface area contributed by atoms with E-state index >= 15 is 0 Å². The molecule has 0 atom stereocenters. The molecular formula is C18H12BrFN4OS. The van der Waals surface area contributed by atoms with Crippen molar-refractivity contribution in [3.63, 3.8) is 0 Å². The molecule has 4 rings (SSSR count). The van der Waals surface area contributed by atoms with Crippen molar-refractivity contribution in [3.05, 3.63) is 70.1 Å². The predicted molar refractivity (Wildman–Crippen MR) is 104 cm³/mol. The Morgan fingerprint density at radius 1 is 1.23 bits per heavy atom. The van der Waals surface area contributed by atoms with E-state index in [2.05, 4.69) is 31.3 Å². The standard InChI is InChI=1S/C18H12BrFN4OS/c1-10-8-15(21-17(25)11-4-2-5-12(19)9-11)24(23-10)18-22-16-13(20)6-3-7-14(16)26-18/h2-9H,1H3,(H,21,25). The molecule has 0 radical (unpaired) electrons. The summed E-state index contributed by atoms with van der Waals surface area (Å²) in [5.74, 6) is -0.166. The summed E-state index contributed by atoms with van der Waals surface area (Å²) in [6, 6.07) is 13.7. The van der Waals surface area contributed by atoms with Gasteiger partial charge in [-0.05, 0) is 37.3 Å².